The van der Waals surface area contributed by atoms with Crippen molar-refractivity contribution in [3.8, 4) is 12.3 Å². The van der Waals surface area contributed by atoms with Gasteiger partial charge in [0.1, 0.15) is 0 Å². The van der Waals surface area contributed by atoms with E-state index < -0.39 is 0 Å². The van der Waals surface area contributed by atoms with Gasteiger partial charge in [0.2, 0.25) is 0 Å². The highest BCUT2D eigenvalue weighted by Crippen LogP contribution is 2.29. The second kappa shape index (κ2) is 7.03. The van der Waals surface area contributed by atoms with Crippen LogP contribution in [0.1, 0.15) is 0 Å². The number of nitrogens with one attached hydrogen (secondary N) is 1. The maximum absolute atomic E-state index is 6.00. The number of terminal acetylenes is 1. The van der Waals surface area contributed by atoms with E-state index in [1.807, 2.05) is 6.07 Å². The van der Waals surface area contributed by atoms with Crippen molar-refractivity contribution in [3.05, 3.63) is 28.2 Å². The summed E-state index contributed by atoms with van der Waals surface area (Å²) in [5.41, 5.74) is 0. The topological polar surface area (TPSA) is 12.0 Å². The van der Waals surface area contributed by atoms with Gasteiger partial charge in [-0.3, -0.25) is 0 Å². The Morgan fingerprint density at radius 1 is 1.40 bits per heavy atom. The van der Waals surface area contributed by atoms with Crippen molar-refractivity contribution in [2.75, 3.05) is 18.8 Å². The van der Waals surface area contributed by atoms with Gasteiger partial charge in [-0.15, -0.1) is 18.2 Å². The lowest BCUT2D eigenvalue weighted by atomic mass is 10.4. The van der Waals surface area contributed by atoms with E-state index >= 15 is 0 Å². The maximum atomic E-state index is 6.00. The van der Waals surface area contributed by atoms with E-state index in [-0.39, 0.29) is 0 Å². The van der Waals surface area contributed by atoms with Gasteiger partial charge in [-0.25, -0.2) is 0 Å². The lowest BCUT2D eigenvalue weighted by molar-refractivity contribution is 0.818. The number of hydrogen-bond donors (Lipinski definition) is 1. The standard InChI is InChI=1S/C11H11Cl2NS/c1-2-5-14-6-7-15-11-8-9(12)3-4-10(11)13/h1,3-4,8,14H,5-7H2. The summed E-state index contributed by atoms with van der Waals surface area (Å²) in [6, 6.07) is 5.46. The highest BCUT2D eigenvalue weighted by Gasteiger charge is 2.01. The molecule has 0 bridgehead atoms. The van der Waals surface area contributed by atoms with Crippen LogP contribution in [0, 0.1) is 12.3 Å². The number of rotatable bonds is 5. The second-order valence-electron chi connectivity index (χ2n) is 2.80. The fourth-order valence-corrected chi connectivity index (χ4v) is 2.38. The van der Waals surface area contributed by atoms with Gasteiger partial charge in [0.05, 0.1) is 11.6 Å². The summed E-state index contributed by atoms with van der Waals surface area (Å²) in [5, 5.41) is 4.55. The van der Waals surface area contributed by atoms with Gasteiger partial charge in [0.25, 0.3) is 0 Å². The molecule has 0 saturated heterocycles. The molecule has 0 saturated carbocycles. The van der Waals surface area contributed by atoms with Gasteiger partial charge in [-0.1, -0.05) is 29.1 Å². The van der Waals surface area contributed by atoms with Crippen LogP contribution in [0.5, 0.6) is 0 Å². The third kappa shape index (κ3) is 4.81. The molecule has 0 spiro atoms. The van der Waals surface area contributed by atoms with Crippen molar-refractivity contribution >= 4 is 35.0 Å². The normalized spacial score (nSPS) is 9.93. The van der Waals surface area contributed by atoms with Crippen molar-refractivity contribution in [3.63, 3.8) is 0 Å². The zero-order valence-electron chi connectivity index (χ0n) is 8.09. The monoisotopic (exact) mass is 259 g/mol. The summed E-state index contributed by atoms with van der Waals surface area (Å²) in [6.07, 6.45) is 5.11. The minimum Gasteiger partial charge on any atom is -0.305 e. The first-order valence-corrected chi connectivity index (χ1v) is 6.20. The Morgan fingerprint density at radius 3 is 2.93 bits per heavy atom. The van der Waals surface area contributed by atoms with Crippen LogP contribution in [0.25, 0.3) is 0 Å². The van der Waals surface area contributed by atoms with Crippen LogP contribution >= 0.6 is 35.0 Å². The summed E-state index contributed by atoms with van der Waals surface area (Å²) >= 11 is 13.5. The Kier molecular flexibility index (Phi) is 5.97. The van der Waals surface area contributed by atoms with Crippen LogP contribution in [0.2, 0.25) is 10.0 Å². The van der Waals surface area contributed by atoms with E-state index in [9.17, 15) is 0 Å². The van der Waals surface area contributed by atoms with Crippen LogP contribution in [0.3, 0.4) is 0 Å². The van der Waals surface area contributed by atoms with E-state index in [0.29, 0.717) is 11.6 Å². The molecule has 0 radical (unpaired) electrons. The lowest BCUT2D eigenvalue weighted by Crippen LogP contribution is -2.16. The molecule has 0 aliphatic heterocycles. The van der Waals surface area contributed by atoms with Gasteiger partial charge in [0.15, 0.2) is 0 Å². The first kappa shape index (κ1) is 12.7. The van der Waals surface area contributed by atoms with E-state index in [1.165, 1.54) is 0 Å². The summed E-state index contributed by atoms with van der Waals surface area (Å²) < 4.78 is 0. The molecule has 0 aromatic heterocycles. The number of halogens is 2. The molecule has 80 valence electrons. The highest BCUT2D eigenvalue weighted by atomic mass is 35.5. The van der Waals surface area contributed by atoms with Crippen LogP contribution in [0.15, 0.2) is 23.1 Å². The first-order valence-electron chi connectivity index (χ1n) is 4.46. The molecule has 1 aromatic rings. The zero-order valence-corrected chi connectivity index (χ0v) is 10.4. The molecular weight excluding hydrogens is 249 g/mol. The molecule has 1 aromatic carbocycles. The van der Waals surface area contributed by atoms with Crippen LogP contribution in [-0.2, 0) is 0 Å². The van der Waals surface area contributed by atoms with Crippen molar-refractivity contribution in [2.24, 2.45) is 0 Å². The molecule has 0 heterocycles. The Labute approximate surface area is 105 Å². The minimum atomic E-state index is 0.601. The summed E-state index contributed by atoms with van der Waals surface area (Å²) in [5.74, 6) is 3.44. The van der Waals surface area contributed by atoms with Crippen molar-refractivity contribution in [2.45, 2.75) is 4.90 Å². The quantitative estimate of drug-likeness (QED) is 0.495. The largest absolute Gasteiger partial charge is 0.305 e. The second-order valence-corrected chi connectivity index (χ2v) is 4.78. The maximum Gasteiger partial charge on any atom is 0.0574 e. The van der Waals surface area contributed by atoms with E-state index in [2.05, 4.69) is 11.2 Å². The molecule has 15 heavy (non-hydrogen) atoms. The summed E-state index contributed by atoms with van der Waals surface area (Å²) in [6.45, 7) is 1.46. The molecule has 0 atom stereocenters. The van der Waals surface area contributed by atoms with Crippen molar-refractivity contribution in [1.29, 1.82) is 0 Å². The Bertz CT molecular complexity index is 360. The van der Waals surface area contributed by atoms with E-state index in [4.69, 9.17) is 29.6 Å². The van der Waals surface area contributed by atoms with Crippen molar-refractivity contribution < 1.29 is 0 Å². The van der Waals surface area contributed by atoms with Crippen LogP contribution < -0.4 is 5.32 Å². The van der Waals surface area contributed by atoms with Gasteiger partial charge in [-0.05, 0) is 18.2 Å². The molecule has 1 N–H and O–H groups in total. The zero-order chi connectivity index (χ0) is 11.1. The molecule has 0 aliphatic carbocycles. The SMILES string of the molecule is C#CCNCCSc1cc(Cl)ccc1Cl. The molecule has 1 rings (SSSR count). The Balaban J connectivity index is 2.37. The third-order valence-electron chi connectivity index (χ3n) is 1.66. The summed E-state index contributed by atoms with van der Waals surface area (Å²) in [4.78, 5) is 1.01. The van der Waals surface area contributed by atoms with Crippen LogP contribution in [0.4, 0.5) is 0 Å². The van der Waals surface area contributed by atoms with Gasteiger partial charge in [-0.2, -0.15) is 0 Å². The Morgan fingerprint density at radius 2 is 2.20 bits per heavy atom. The number of hydrogen-bond acceptors (Lipinski definition) is 2. The minimum absolute atomic E-state index is 0.601. The molecule has 0 fully saturated rings. The summed E-state index contributed by atoms with van der Waals surface area (Å²) in [7, 11) is 0. The van der Waals surface area contributed by atoms with E-state index in [0.717, 1.165) is 22.2 Å². The average molecular weight is 260 g/mol. The lowest BCUT2D eigenvalue weighted by Gasteiger charge is -2.04. The number of benzene rings is 1. The first-order chi connectivity index (χ1) is 7.24. The predicted octanol–water partition coefficient (Wildman–Crippen LogP) is 3.31. The Hall–Kier alpha value is -0.330. The van der Waals surface area contributed by atoms with Gasteiger partial charge >= 0.3 is 0 Å². The molecule has 0 aliphatic rings. The number of thioether (sulfide) groups is 1. The average Bonchev–Trinajstić information content (AvgIpc) is 2.23. The predicted molar refractivity (Wildman–Crippen MR) is 68.9 cm³/mol. The fraction of sp³-hybridized carbons (Fsp3) is 0.273. The molecule has 0 unspecified atom stereocenters. The molecular formula is C11H11Cl2NS. The smallest absolute Gasteiger partial charge is 0.0574 e. The van der Waals surface area contributed by atoms with Gasteiger partial charge in [0, 0.05) is 22.2 Å². The fourth-order valence-electron chi connectivity index (χ4n) is 0.982. The van der Waals surface area contributed by atoms with Crippen LogP contribution in [-0.4, -0.2) is 18.8 Å². The van der Waals surface area contributed by atoms with E-state index in [1.54, 1.807) is 23.9 Å². The molecule has 0 amide bonds. The highest BCUT2D eigenvalue weighted by molar-refractivity contribution is 7.99. The van der Waals surface area contributed by atoms with Crippen molar-refractivity contribution in [1.82, 2.24) is 5.32 Å². The molecule has 4 heteroatoms. The molecule has 1 nitrogen and oxygen atoms in total. The third-order valence-corrected chi connectivity index (χ3v) is 3.39. The van der Waals surface area contributed by atoms with Gasteiger partial charge < -0.3 is 5.32 Å².